The Labute approximate surface area is 181 Å². The molecule has 1 aliphatic rings. The molecule has 2 aromatic carbocycles. The summed E-state index contributed by atoms with van der Waals surface area (Å²) in [5, 5.41) is 0.456. The number of rotatable bonds is 5. The van der Waals surface area contributed by atoms with Crippen LogP contribution in [0.4, 0.5) is 0 Å². The highest BCUT2D eigenvalue weighted by atomic mass is 16.7. The Bertz CT molecular complexity index is 1560. The van der Waals surface area contributed by atoms with Gasteiger partial charge in [0, 0.05) is 7.11 Å². The van der Waals surface area contributed by atoms with E-state index in [1.807, 2.05) is 47.0 Å². The van der Waals surface area contributed by atoms with E-state index in [4.69, 9.17) is 24.2 Å². The van der Waals surface area contributed by atoms with Gasteiger partial charge in [0.2, 0.25) is 6.79 Å². The smallest absolute Gasteiger partial charge is 0.265 e. The molecule has 0 spiro atoms. The number of ether oxygens (including phenoxy) is 3. The quantitative estimate of drug-likeness (QED) is 0.424. The molecule has 0 amide bonds. The first kappa shape index (κ1) is 18.8. The zero-order valence-corrected chi connectivity index (χ0v) is 17.3. The van der Waals surface area contributed by atoms with E-state index in [-0.39, 0.29) is 12.4 Å². The zero-order valence-electron chi connectivity index (χ0n) is 17.3. The van der Waals surface area contributed by atoms with Gasteiger partial charge in [-0.15, -0.1) is 0 Å². The van der Waals surface area contributed by atoms with Gasteiger partial charge in [-0.05, 0) is 29.8 Å². The minimum atomic E-state index is -0.161. The maximum absolute atomic E-state index is 13.4. The van der Waals surface area contributed by atoms with E-state index < -0.39 is 0 Å². The van der Waals surface area contributed by atoms with Gasteiger partial charge in [-0.1, -0.05) is 18.2 Å². The van der Waals surface area contributed by atoms with Crippen molar-refractivity contribution in [1.82, 2.24) is 24.1 Å². The van der Waals surface area contributed by atoms with Crippen LogP contribution in [-0.2, 0) is 17.8 Å². The summed E-state index contributed by atoms with van der Waals surface area (Å²) in [4.78, 5) is 27.6. The second-order valence-corrected chi connectivity index (χ2v) is 7.59. The van der Waals surface area contributed by atoms with Crippen LogP contribution < -0.4 is 15.0 Å². The molecule has 0 bridgehead atoms. The molecule has 4 heterocycles. The highest BCUT2D eigenvalue weighted by Gasteiger charge is 2.21. The molecule has 9 heteroatoms. The molecule has 0 saturated heterocycles. The Kier molecular flexibility index (Phi) is 4.29. The van der Waals surface area contributed by atoms with Gasteiger partial charge in [0.15, 0.2) is 22.8 Å². The molecule has 3 aromatic heterocycles. The van der Waals surface area contributed by atoms with Crippen molar-refractivity contribution in [2.75, 3.05) is 20.5 Å². The van der Waals surface area contributed by atoms with E-state index in [1.165, 1.54) is 0 Å². The van der Waals surface area contributed by atoms with Gasteiger partial charge in [0.05, 0.1) is 37.1 Å². The lowest BCUT2D eigenvalue weighted by Gasteiger charge is -2.08. The van der Waals surface area contributed by atoms with E-state index >= 15 is 0 Å². The summed E-state index contributed by atoms with van der Waals surface area (Å²) >= 11 is 0. The third-order valence-electron chi connectivity index (χ3n) is 5.63. The van der Waals surface area contributed by atoms with Crippen LogP contribution in [0.5, 0.6) is 11.5 Å². The predicted molar refractivity (Wildman–Crippen MR) is 118 cm³/mol. The van der Waals surface area contributed by atoms with E-state index in [2.05, 4.69) is 4.98 Å². The van der Waals surface area contributed by atoms with Crippen molar-refractivity contribution in [1.29, 1.82) is 0 Å². The van der Waals surface area contributed by atoms with Gasteiger partial charge in [-0.2, -0.15) is 0 Å². The third kappa shape index (κ3) is 2.89. The van der Waals surface area contributed by atoms with E-state index in [1.54, 1.807) is 18.0 Å². The summed E-state index contributed by atoms with van der Waals surface area (Å²) in [5.74, 6) is 1.43. The van der Waals surface area contributed by atoms with E-state index in [0.717, 1.165) is 22.3 Å². The first-order chi connectivity index (χ1) is 15.7. The highest BCUT2D eigenvalue weighted by Crippen LogP contribution is 2.33. The molecule has 0 N–H and O–H groups in total. The zero-order chi connectivity index (χ0) is 21.7. The average molecular weight is 429 g/mol. The molecule has 5 aromatic rings. The number of hydrogen-bond donors (Lipinski definition) is 0. The van der Waals surface area contributed by atoms with Gasteiger partial charge < -0.3 is 18.8 Å². The number of fused-ring (bicyclic) bond motifs is 5. The maximum Gasteiger partial charge on any atom is 0.265 e. The Morgan fingerprint density at radius 2 is 1.84 bits per heavy atom. The molecule has 32 heavy (non-hydrogen) atoms. The van der Waals surface area contributed by atoms with E-state index in [9.17, 15) is 4.79 Å². The van der Waals surface area contributed by atoms with Gasteiger partial charge in [0.25, 0.3) is 5.56 Å². The van der Waals surface area contributed by atoms with Crippen LogP contribution in [0.25, 0.3) is 33.2 Å². The van der Waals surface area contributed by atoms with Gasteiger partial charge in [-0.3, -0.25) is 9.36 Å². The number of nitrogens with zero attached hydrogens (tertiary/aromatic N) is 5. The fraction of sp³-hybridized carbons (Fsp3) is 0.217. The van der Waals surface area contributed by atoms with Gasteiger partial charge >= 0.3 is 0 Å². The second-order valence-electron chi connectivity index (χ2n) is 7.59. The number of hydrogen-bond acceptors (Lipinski definition) is 7. The van der Waals surface area contributed by atoms with E-state index in [0.29, 0.717) is 47.6 Å². The molecular formula is C23H19N5O4. The molecule has 160 valence electrons. The molecule has 0 atom stereocenters. The monoisotopic (exact) mass is 429 g/mol. The summed E-state index contributed by atoms with van der Waals surface area (Å²) < 4.78 is 19.6. The summed E-state index contributed by atoms with van der Waals surface area (Å²) in [7, 11) is 1.60. The lowest BCUT2D eigenvalue weighted by atomic mass is 10.2. The number of methoxy groups -OCH3 is 1. The minimum Gasteiger partial charge on any atom is -0.454 e. The van der Waals surface area contributed by atoms with Crippen molar-refractivity contribution in [2.45, 2.75) is 13.1 Å². The Hall–Kier alpha value is -3.98. The Balaban J connectivity index is 1.60. The Morgan fingerprint density at radius 1 is 1.03 bits per heavy atom. The molecule has 9 nitrogen and oxygen atoms in total. The molecule has 0 aliphatic carbocycles. The standard InChI is InChI=1S/C23H19N5O4/c1-30-9-8-27-12-24-21-19(23(27)29)20-22(26-16-5-3-2-4-15(16)25-20)28(21)11-14-6-7-17-18(10-14)32-13-31-17/h2-7,10,12H,8-9,11,13H2,1H3. The predicted octanol–water partition coefficient (Wildman–Crippen LogP) is 2.72. The second kappa shape index (κ2) is 7.31. The van der Waals surface area contributed by atoms with Crippen LogP contribution in [0.1, 0.15) is 5.56 Å². The Morgan fingerprint density at radius 3 is 2.69 bits per heavy atom. The maximum atomic E-state index is 13.4. The van der Waals surface area contributed by atoms with Gasteiger partial charge in [0.1, 0.15) is 10.9 Å². The minimum absolute atomic E-state index is 0.161. The average Bonchev–Trinajstić information content (AvgIpc) is 3.40. The van der Waals surface area contributed by atoms with Crippen molar-refractivity contribution >= 4 is 33.2 Å². The first-order valence-corrected chi connectivity index (χ1v) is 10.2. The number of para-hydroxylation sites is 2. The molecule has 0 fully saturated rings. The molecular weight excluding hydrogens is 410 g/mol. The van der Waals surface area contributed by atoms with Crippen LogP contribution in [0.2, 0.25) is 0 Å². The SMILES string of the molecule is COCCn1cnc2c(c1=O)c1nc3ccccc3nc1n2Cc1ccc2c(c1)OCO2. The molecule has 0 saturated carbocycles. The van der Waals surface area contributed by atoms with Crippen LogP contribution in [0.3, 0.4) is 0 Å². The largest absolute Gasteiger partial charge is 0.454 e. The third-order valence-corrected chi connectivity index (χ3v) is 5.63. The highest BCUT2D eigenvalue weighted by molar-refractivity contribution is 6.04. The van der Waals surface area contributed by atoms with Crippen LogP contribution in [-0.4, -0.2) is 44.6 Å². The normalized spacial score (nSPS) is 12.9. The molecule has 1 aliphatic heterocycles. The van der Waals surface area contributed by atoms with Crippen molar-refractivity contribution in [2.24, 2.45) is 0 Å². The molecule has 0 radical (unpaired) electrons. The fourth-order valence-electron chi connectivity index (χ4n) is 4.06. The number of aromatic nitrogens is 5. The number of benzene rings is 2. The lowest BCUT2D eigenvalue weighted by Crippen LogP contribution is -2.22. The van der Waals surface area contributed by atoms with Crippen molar-refractivity contribution in [3.63, 3.8) is 0 Å². The summed E-state index contributed by atoms with van der Waals surface area (Å²) in [6, 6.07) is 13.4. The summed E-state index contributed by atoms with van der Waals surface area (Å²) in [6.45, 7) is 1.50. The molecule has 6 rings (SSSR count). The van der Waals surface area contributed by atoms with Gasteiger partial charge in [-0.25, -0.2) is 15.0 Å². The van der Waals surface area contributed by atoms with Crippen molar-refractivity contribution in [3.8, 4) is 11.5 Å². The van der Waals surface area contributed by atoms with Crippen molar-refractivity contribution < 1.29 is 14.2 Å². The lowest BCUT2D eigenvalue weighted by molar-refractivity contribution is 0.174. The molecule has 0 unspecified atom stereocenters. The first-order valence-electron chi connectivity index (χ1n) is 10.2. The summed E-state index contributed by atoms with van der Waals surface area (Å²) in [5.41, 5.74) is 4.02. The fourth-order valence-corrected chi connectivity index (χ4v) is 4.06. The topological polar surface area (TPSA) is 93.3 Å². The van der Waals surface area contributed by atoms with Crippen LogP contribution in [0.15, 0.2) is 53.6 Å². The summed E-state index contributed by atoms with van der Waals surface area (Å²) in [6.07, 6.45) is 1.55. The van der Waals surface area contributed by atoms with Crippen molar-refractivity contribution in [3.05, 3.63) is 64.7 Å². The van der Waals surface area contributed by atoms with Crippen LogP contribution in [0, 0.1) is 0 Å². The van der Waals surface area contributed by atoms with Crippen LogP contribution >= 0.6 is 0 Å².